The minimum Gasteiger partial charge on any atom is -0.496 e. The first-order chi connectivity index (χ1) is 9.56. The van der Waals surface area contributed by atoms with Crippen LogP contribution < -0.4 is 15.4 Å². The molecule has 0 aliphatic rings. The predicted molar refractivity (Wildman–Crippen MR) is 84.3 cm³/mol. The van der Waals surface area contributed by atoms with E-state index in [9.17, 15) is 0 Å². The highest BCUT2D eigenvalue weighted by Gasteiger charge is 2.10. The summed E-state index contributed by atoms with van der Waals surface area (Å²) in [6.07, 6.45) is 0. The summed E-state index contributed by atoms with van der Waals surface area (Å²) < 4.78 is 6.09. The normalized spacial score (nSPS) is 9.90. The van der Waals surface area contributed by atoms with Crippen LogP contribution >= 0.6 is 15.9 Å². The number of ether oxygens (including phenoxy) is 1. The number of hydrogen-bond acceptors (Lipinski definition) is 4. The predicted octanol–water partition coefficient (Wildman–Crippen LogP) is 3.68. The van der Waals surface area contributed by atoms with Crippen LogP contribution in [0.1, 0.15) is 5.56 Å². The fourth-order valence-electron chi connectivity index (χ4n) is 1.93. The number of halogens is 1. The van der Waals surface area contributed by atoms with Gasteiger partial charge in [0.05, 0.1) is 34.6 Å². The van der Waals surface area contributed by atoms with Gasteiger partial charge in [0.1, 0.15) is 5.75 Å². The molecule has 102 valence electrons. The Balaban J connectivity index is 2.39. The van der Waals surface area contributed by atoms with Crippen LogP contribution in [0.4, 0.5) is 17.1 Å². The molecule has 5 heteroatoms. The van der Waals surface area contributed by atoms with Gasteiger partial charge < -0.3 is 15.4 Å². The maximum atomic E-state index is 8.86. The maximum absolute atomic E-state index is 8.86. The summed E-state index contributed by atoms with van der Waals surface area (Å²) in [7, 11) is 3.55. The van der Waals surface area contributed by atoms with Crippen molar-refractivity contribution in [1.29, 1.82) is 5.26 Å². The number of nitrogens with two attached hydrogens (primary N) is 1. The Morgan fingerprint density at radius 1 is 1.25 bits per heavy atom. The number of nitriles is 1. The third-order valence-corrected chi connectivity index (χ3v) is 3.66. The van der Waals surface area contributed by atoms with Gasteiger partial charge in [-0.15, -0.1) is 0 Å². The lowest BCUT2D eigenvalue weighted by Crippen LogP contribution is -2.11. The van der Waals surface area contributed by atoms with Crippen LogP contribution in [0.5, 0.6) is 5.75 Å². The first kappa shape index (κ1) is 14.2. The van der Waals surface area contributed by atoms with E-state index in [4.69, 9.17) is 15.7 Å². The van der Waals surface area contributed by atoms with Gasteiger partial charge in [0, 0.05) is 12.7 Å². The zero-order valence-corrected chi connectivity index (χ0v) is 12.8. The number of rotatable bonds is 3. The highest BCUT2D eigenvalue weighted by molar-refractivity contribution is 9.10. The van der Waals surface area contributed by atoms with Crippen molar-refractivity contribution >= 4 is 33.0 Å². The van der Waals surface area contributed by atoms with E-state index in [-0.39, 0.29) is 0 Å². The van der Waals surface area contributed by atoms with Crippen LogP contribution in [0.25, 0.3) is 0 Å². The fraction of sp³-hybridized carbons (Fsp3) is 0.133. The minimum atomic E-state index is 0.551. The zero-order valence-electron chi connectivity index (χ0n) is 11.2. The van der Waals surface area contributed by atoms with Crippen molar-refractivity contribution in [3.8, 4) is 11.8 Å². The Hall–Kier alpha value is -2.19. The van der Waals surface area contributed by atoms with Crippen LogP contribution in [-0.4, -0.2) is 14.2 Å². The molecule has 0 atom stereocenters. The van der Waals surface area contributed by atoms with E-state index in [1.165, 1.54) is 0 Å². The second-order valence-corrected chi connectivity index (χ2v) is 5.12. The topological polar surface area (TPSA) is 62.3 Å². The third kappa shape index (κ3) is 2.70. The van der Waals surface area contributed by atoms with E-state index < -0.39 is 0 Å². The molecule has 2 aromatic rings. The van der Waals surface area contributed by atoms with Crippen molar-refractivity contribution in [2.75, 3.05) is 24.8 Å². The van der Waals surface area contributed by atoms with Crippen molar-refractivity contribution in [2.24, 2.45) is 0 Å². The fourth-order valence-corrected chi connectivity index (χ4v) is 2.46. The molecule has 0 heterocycles. The van der Waals surface area contributed by atoms with Crippen molar-refractivity contribution in [3.05, 3.63) is 46.4 Å². The SMILES string of the molecule is COc1ccc(N(C)c2ccc(C#N)cc2N)cc1Br. The van der Waals surface area contributed by atoms with Crippen molar-refractivity contribution < 1.29 is 4.74 Å². The highest BCUT2D eigenvalue weighted by Crippen LogP contribution is 2.34. The number of anilines is 3. The molecule has 2 aromatic carbocycles. The zero-order chi connectivity index (χ0) is 14.7. The first-order valence-corrected chi connectivity index (χ1v) is 6.73. The minimum absolute atomic E-state index is 0.551. The number of hydrogen-bond donors (Lipinski definition) is 1. The molecule has 0 fully saturated rings. The van der Waals surface area contributed by atoms with Crippen molar-refractivity contribution in [3.63, 3.8) is 0 Å². The third-order valence-electron chi connectivity index (χ3n) is 3.04. The van der Waals surface area contributed by atoms with Gasteiger partial charge in [0.15, 0.2) is 0 Å². The molecule has 2 rings (SSSR count). The second kappa shape index (κ2) is 5.85. The summed E-state index contributed by atoms with van der Waals surface area (Å²) in [5.41, 5.74) is 8.93. The summed E-state index contributed by atoms with van der Waals surface area (Å²) in [5, 5.41) is 8.86. The number of methoxy groups -OCH3 is 1. The molecule has 0 bridgehead atoms. The van der Waals surface area contributed by atoms with Gasteiger partial charge in [-0.2, -0.15) is 5.26 Å². The summed E-state index contributed by atoms with van der Waals surface area (Å²) in [6.45, 7) is 0. The van der Waals surface area contributed by atoms with E-state index in [1.807, 2.05) is 36.2 Å². The largest absolute Gasteiger partial charge is 0.496 e. The van der Waals surface area contributed by atoms with Gasteiger partial charge in [-0.05, 0) is 52.3 Å². The molecule has 0 aliphatic heterocycles. The molecule has 0 saturated heterocycles. The lowest BCUT2D eigenvalue weighted by atomic mass is 10.1. The molecule has 0 unspecified atom stereocenters. The molecule has 0 saturated carbocycles. The number of nitrogen functional groups attached to an aromatic ring is 1. The quantitative estimate of drug-likeness (QED) is 0.871. The second-order valence-electron chi connectivity index (χ2n) is 4.26. The molecular weight excluding hydrogens is 318 g/mol. The molecule has 0 amide bonds. The molecule has 0 spiro atoms. The molecule has 4 nitrogen and oxygen atoms in total. The van der Waals surface area contributed by atoms with E-state index in [0.717, 1.165) is 21.6 Å². The maximum Gasteiger partial charge on any atom is 0.133 e. The van der Waals surface area contributed by atoms with Crippen molar-refractivity contribution in [1.82, 2.24) is 0 Å². The van der Waals surface area contributed by atoms with E-state index in [1.54, 1.807) is 19.2 Å². The molecule has 0 aromatic heterocycles. The Morgan fingerprint density at radius 3 is 2.55 bits per heavy atom. The van der Waals surface area contributed by atoms with Crippen molar-refractivity contribution in [2.45, 2.75) is 0 Å². The van der Waals surface area contributed by atoms with Crippen LogP contribution in [0.2, 0.25) is 0 Å². The van der Waals surface area contributed by atoms with E-state index in [2.05, 4.69) is 22.0 Å². The van der Waals surface area contributed by atoms with Crippen LogP contribution in [0, 0.1) is 11.3 Å². The van der Waals surface area contributed by atoms with Gasteiger partial charge in [-0.25, -0.2) is 0 Å². The lowest BCUT2D eigenvalue weighted by molar-refractivity contribution is 0.412. The smallest absolute Gasteiger partial charge is 0.133 e. The molecule has 0 aliphatic carbocycles. The molecule has 20 heavy (non-hydrogen) atoms. The molecular formula is C15H14BrN3O. The van der Waals surface area contributed by atoms with Crippen LogP contribution in [0.15, 0.2) is 40.9 Å². The Bertz CT molecular complexity index is 679. The van der Waals surface area contributed by atoms with Crippen LogP contribution in [0.3, 0.4) is 0 Å². The molecule has 2 N–H and O–H groups in total. The average molecular weight is 332 g/mol. The lowest BCUT2D eigenvalue weighted by Gasteiger charge is -2.22. The summed E-state index contributed by atoms with van der Waals surface area (Å²) in [5.74, 6) is 0.773. The average Bonchev–Trinajstić information content (AvgIpc) is 2.46. The Kier molecular flexibility index (Phi) is 4.16. The standard InChI is InChI=1S/C15H14BrN3O/c1-19(11-4-6-15(20-2)12(16)8-11)14-5-3-10(9-17)7-13(14)18/h3-8H,18H2,1-2H3. The van der Waals surface area contributed by atoms with Gasteiger partial charge in [0.25, 0.3) is 0 Å². The van der Waals surface area contributed by atoms with Gasteiger partial charge >= 0.3 is 0 Å². The van der Waals surface area contributed by atoms with E-state index in [0.29, 0.717) is 11.3 Å². The molecule has 0 radical (unpaired) electrons. The van der Waals surface area contributed by atoms with Gasteiger partial charge in [-0.1, -0.05) is 0 Å². The Labute approximate surface area is 126 Å². The van der Waals surface area contributed by atoms with Gasteiger partial charge in [0.2, 0.25) is 0 Å². The van der Waals surface area contributed by atoms with Gasteiger partial charge in [-0.3, -0.25) is 0 Å². The summed E-state index contributed by atoms with van der Waals surface area (Å²) >= 11 is 3.46. The highest BCUT2D eigenvalue weighted by atomic mass is 79.9. The van der Waals surface area contributed by atoms with Crippen LogP contribution in [-0.2, 0) is 0 Å². The Morgan fingerprint density at radius 2 is 2.00 bits per heavy atom. The number of nitrogens with zero attached hydrogens (tertiary/aromatic N) is 2. The summed E-state index contributed by atoms with van der Waals surface area (Å²) in [6, 6.07) is 13.1. The monoisotopic (exact) mass is 331 g/mol. The first-order valence-electron chi connectivity index (χ1n) is 5.93. The number of benzene rings is 2. The summed E-state index contributed by atoms with van der Waals surface area (Å²) in [4.78, 5) is 1.96. The van der Waals surface area contributed by atoms with E-state index >= 15 is 0 Å².